The predicted octanol–water partition coefficient (Wildman–Crippen LogP) is 4.22. The summed E-state index contributed by atoms with van der Waals surface area (Å²) in [6, 6.07) is 14.6. The summed E-state index contributed by atoms with van der Waals surface area (Å²) in [4.78, 5) is 45.1. The molecule has 2 aromatic carbocycles. The molecule has 2 aliphatic heterocycles. The van der Waals surface area contributed by atoms with E-state index in [1.54, 1.807) is 17.8 Å². The fourth-order valence-electron chi connectivity index (χ4n) is 7.22. The molecule has 0 radical (unpaired) electrons. The van der Waals surface area contributed by atoms with E-state index in [0.717, 1.165) is 21.9 Å². The number of phenolic OH excluding ortho intramolecular Hbond substituents is 1. The van der Waals surface area contributed by atoms with E-state index in [0.29, 0.717) is 18.0 Å². The van der Waals surface area contributed by atoms with E-state index in [9.17, 15) is 19.5 Å². The molecule has 2 bridgehead atoms. The van der Waals surface area contributed by atoms with Crippen LogP contribution in [0.2, 0.25) is 0 Å². The van der Waals surface area contributed by atoms with E-state index >= 15 is 0 Å². The molecule has 0 spiro atoms. The Hall–Kier alpha value is -3.04. The summed E-state index contributed by atoms with van der Waals surface area (Å²) in [7, 11) is 0. The molecule has 184 valence electrons. The van der Waals surface area contributed by atoms with Crippen molar-refractivity contribution in [3.63, 3.8) is 0 Å². The van der Waals surface area contributed by atoms with E-state index in [-0.39, 0.29) is 63.2 Å². The average molecular weight is 521 g/mol. The van der Waals surface area contributed by atoms with Gasteiger partial charge >= 0.3 is 4.87 Å². The Morgan fingerprint density at radius 2 is 1.81 bits per heavy atom. The maximum atomic E-state index is 13.7. The number of para-hydroxylation sites is 1. The summed E-state index contributed by atoms with van der Waals surface area (Å²) in [5.74, 6) is -0.246. The Bertz CT molecular complexity index is 1450. The summed E-state index contributed by atoms with van der Waals surface area (Å²) in [5.41, 5.74) is 1.60. The molecule has 0 unspecified atom stereocenters. The molecule has 2 amide bonds. The fraction of sp³-hybridized carbons (Fsp3) is 0.370. The number of carbonyl (C=O) groups excluding carboxylic acids is 2. The van der Waals surface area contributed by atoms with Gasteiger partial charge in [0, 0.05) is 16.0 Å². The van der Waals surface area contributed by atoms with Crippen molar-refractivity contribution in [1.82, 2.24) is 4.98 Å². The minimum Gasteiger partial charge on any atom is -0.504 e. The lowest BCUT2D eigenvalue weighted by Crippen LogP contribution is -2.42. The lowest BCUT2D eigenvalue weighted by Gasteiger charge is -2.43. The van der Waals surface area contributed by atoms with Crippen molar-refractivity contribution in [2.24, 2.45) is 29.6 Å². The van der Waals surface area contributed by atoms with Crippen LogP contribution in [0.25, 0.3) is 0 Å². The van der Waals surface area contributed by atoms with Crippen molar-refractivity contribution >= 4 is 40.6 Å². The highest BCUT2D eigenvalue weighted by Gasteiger charge is 2.69. The first-order chi connectivity index (χ1) is 17.5. The van der Waals surface area contributed by atoms with Crippen molar-refractivity contribution in [3.8, 4) is 11.5 Å². The number of hydrogen-bond donors (Lipinski definition) is 2. The third kappa shape index (κ3) is 2.96. The van der Waals surface area contributed by atoms with Crippen molar-refractivity contribution in [1.29, 1.82) is 0 Å². The monoisotopic (exact) mass is 520 g/mol. The van der Waals surface area contributed by atoms with Crippen LogP contribution in [0.15, 0.2) is 58.4 Å². The van der Waals surface area contributed by atoms with Crippen LogP contribution in [-0.2, 0) is 9.59 Å². The third-order valence-electron chi connectivity index (χ3n) is 8.38. The second kappa shape index (κ2) is 7.98. The van der Waals surface area contributed by atoms with Crippen LogP contribution >= 0.6 is 23.1 Å². The second-order valence-electron chi connectivity index (χ2n) is 9.97. The zero-order chi connectivity index (χ0) is 24.7. The van der Waals surface area contributed by atoms with E-state index < -0.39 is 0 Å². The van der Waals surface area contributed by atoms with Crippen LogP contribution in [0.4, 0.5) is 5.69 Å². The minimum absolute atomic E-state index is 0.0439. The quantitative estimate of drug-likeness (QED) is 0.500. The standard InChI is InChI=1S/C27H24N2O5S2/c1-2-34-17-10-12(8-9-16(17)30)18-19-14-11-15(22(19)35-24-23(18)36-27(33)28-24)21-20(14)25(31)29(26(21)32)13-6-4-3-5-7-13/h3-10,14-15,18-22,30H,2,11H2,1H3,(H,28,33)/t14-,15+,18-,19+,20+,21+,22-/m0/s1. The summed E-state index contributed by atoms with van der Waals surface area (Å²) in [6.07, 6.45) is 0.837. The topological polar surface area (TPSA) is 99.7 Å². The van der Waals surface area contributed by atoms with Gasteiger partial charge in [-0.25, -0.2) is 0 Å². The van der Waals surface area contributed by atoms with Gasteiger partial charge in [0.2, 0.25) is 11.8 Å². The number of benzene rings is 2. The molecule has 36 heavy (non-hydrogen) atoms. The number of aromatic hydroxyl groups is 1. The molecule has 9 heteroatoms. The number of nitrogens with zero attached hydrogens (tertiary/aromatic N) is 1. The van der Waals surface area contributed by atoms with Crippen LogP contribution in [0.1, 0.15) is 29.7 Å². The molecule has 2 saturated carbocycles. The van der Waals surface area contributed by atoms with Gasteiger partial charge in [0.1, 0.15) is 0 Å². The number of fused-ring (bicyclic) bond motifs is 9. The van der Waals surface area contributed by atoms with Crippen LogP contribution in [0.3, 0.4) is 0 Å². The number of thioether (sulfide) groups is 1. The molecule has 4 aliphatic rings. The van der Waals surface area contributed by atoms with E-state index in [4.69, 9.17) is 4.74 Å². The van der Waals surface area contributed by atoms with Gasteiger partial charge in [0.05, 0.1) is 29.2 Å². The number of amides is 2. The largest absolute Gasteiger partial charge is 0.504 e. The zero-order valence-corrected chi connectivity index (χ0v) is 21.1. The normalized spacial score (nSPS) is 31.9. The van der Waals surface area contributed by atoms with Crippen molar-refractivity contribution in [2.75, 3.05) is 11.5 Å². The lowest BCUT2D eigenvalue weighted by atomic mass is 9.68. The predicted molar refractivity (Wildman–Crippen MR) is 137 cm³/mol. The number of rotatable bonds is 4. The first-order valence-corrected chi connectivity index (χ1v) is 14.0. The summed E-state index contributed by atoms with van der Waals surface area (Å²) >= 11 is 2.89. The molecule has 7 nitrogen and oxygen atoms in total. The molecule has 1 aromatic heterocycles. The number of thiazole rings is 1. The van der Waals surface area contributed by atoms with Gasteiger partial charge < -0.3 is 14.8 Å². The van der Waals surface area contributed by atoms with Crippen LogP contribution in [0, 0.1) is 29.6 Å². The highest BCUT2D eigenvalue weighted by atomic mass is 32.2. The Morgan fingerprint density at radius 1 is 1.06 bits per heavy atom. The molecule has 2 N–H and O–H groups in total. The van der Waals surface area contributed by atoms with Gasteiger partial charge in [-0.15, -0.1) is 11.8 Å². The third-order valence-corrected chi connectivity index (χ3v) is 11.0. The Balaban J connectivity index is 1.33. The molecule has 3 fully saturated rings. The fourth-order valence-corrected chi connectivity index (χ4v) is 10.1. The molecule has 1 saturated heterocycles. The number of phenols is 1. The molecule has 7 atom stereocenters. The lowest BCUT2D eigenvalue weighted by molar-refractivity contribution is -0.123. The molecule has 3 heterocycles. The summed E-state index contributed by atoms with van der Waals surface area (Å²) in [5, 5.41) is 11.3. The number of hydrogen-bond acceptors (Lipinski definition) is 7. The number of imide groups is 1. The van der Waals surface area contributed by atoms with Crippen molar-refractivity contribution in [3.05, 3.63) is 68.6 Å². The molecule has 7 rings (SSSR count). The van der Waals surface area contributed by atoms with Crippen molar-refractivity contribution in [2.45, 2.75) is 29.5 Å². The minimum atomic E-state index is -0.340. The van der Waals surface area contributed by atoms with Gasteiger partial charge in [-0.2, -0.15) is 0 Å². The maximum absolute atomic E-state index is 13.7. The first-order valence-electron chi connectivity index (χ1n) is 12.3. The number of carbonyl (C=O) groups is 2. The highest BCUT2D eigenvalue weighted by molar-refractivity contribution is 8.00. The van der Waals surface area contributed by atoms with E-state index in [1.165, 1.54) is 16.2 Å². The Kier molecular flexibility index (Phi) is 4.92. The summed E-state index contributed by atoms with van der Waals surface area (Å²) < 4.78 is 5.67. The molecular formula is C27H24N2O5S2. The van der Waals surface area contributed by atoms with Gasteiger partial charge in [0.25, 0.3) is 0 Å². The summed E-state index contributed by atoms with van der Waals surface area (Å²) in [6.45, 7) is 2.29. The maximum Gasteiger partial charge on any atom is 0.305 e. The van der Waals surface area contributed by atoms with Gasteiger partial charge in [-0.1, -0.05) is 35.6 Å². The number of aromatic nitrogens is 1. The van der Waals surface area contributed by atoms with Gasteiger partial charge in [-0.3, -0.25) is 19.3 Å². The zero-order valence-electron chi connectivity index (χ0n) is 19.4. The van der Waals surface area contributed by atoms with Crippen LogP contribution in [0.5, 0.6) is 11.5 Å². The van der Waals surface area contributed by atoms with Gasteiger partial charge in [-0.05, 0) is 60.9 Å². The smallest absolute Gasteiger partial charge is 0.305 e. The van der Waals surface area contributed by atoms with Gasteiger partial charge in [0.15, 0.2) is 11.5 Å². The number of anilines is 1. The van der Waals surface area contributed by atoms with Crippen molar-refractivity contribution < 1.29 is 19.4 Å². The SMILES string of the molecule is CCOc1cc([C@@H]2c3sc(=O)[nH]c3S[C@H]3[C@@H]4C[C@H]([C@H]5C(=O)N(c6ccccc6)C(=O)[C@H]45)[C@H]23)ccc1O. The molecule has 3 aromatic rings. The highest BCUT2D eigenvalue weighted by Crippen LogP contribution is 2.68. The van der Waals surface area contributed by atoms with E-state index in [2.05, 4.69) is 4.98 Å². The van der Waals surface area contributed by atoms with E-state index in [1.807, 2.05) is 49.4 Å². The number of H-pyrrole nitrogens is 1. The first kappa shape index (κ1) is 22.2. The molecular weight excluding hydrogens is 496 g/mol. The Morgan fingerprint density at radius 3 is 2.56 bits per heavy atom. The van der Waals surface area contributed by atoms with Crippen LogP contribution < -0.4 is 14.5 Å². The average Bonchev–Trinajstić information content (AvgIpc) is 3.60. The number of ether oxygens (including phenoxy) is 1. The Labute approximate surface area is 215 Å². The second-order valence-corrected chi connectivity index (χ2v) is 12.2. The number of aromatic amines is 1. The molecule has 2 aliphatic carbocycles. The van der Waals surface area contributed by atoms with Crippen LogP contribution in [-0.4, -0.2) is 33.8 Å². The number of nitrogens with one attached hydrogen (secondary N) is 1.